The number of aryl methyl sites for hydroxylation is 1. The topological polar surface area (TPSA) is 65.1 Å². The standard InChI is InChI=1S/C13H18N4O/c1-3-18-13-7-10(14)6-11(8-13)15-9-12-4-5-16-17(12)2/h4-8,15H,3,9,14H2,1-2H3. The van der Waals surface area contributed by atoms with Crippen molar-refractivity contribution in [2.45, 2.75) is 13.5 Å². The van der Waals surface area contributed by atoms with Crippen LogP contribution in [0.15, 0.2) is 30.5 Å². The Hall–Kier alpha value is -2.17. The van der Waals surface area contributed by atoms with Crippen LogP contribution in [-0.2, 0) is 13.6 Å². The first kappa shape index (κ1) is 12.3. The van der Waals surface area contributed by atoms with E-state index >= 15 is 0 Å². The van der Waals surface area contributed by atoms with Gasteiger partial charge in [-0.25, -0.2) is 0 Å². The summed E-state index contributed by atoms with van der Waals surface area (Å²) in [5, 5.41) is 7.43. The number of hydrogen-bond acceptors (Lipinski definition) is 4. The van der Waals surface area contributed by atoms with Crippen LogP contribution in [0.5, 0.6) is 5.75 Å². The highest BCUT2D eigenvalue weighted by atomic mass is 16.5. The zero-order chi connectivity index (χ0) is 13.0. The fourth-order valence-corrected chi connectivity index (χ4v) is 1.74. The summed E-state index contributed by atoms with van der Waals surface area (Å²) in [5.74, 6) is 0.782. The lowest BCUT2D eigenvalue weighted by Gasteiger charge is -2.10. The average Bonchev–Trinajstić information content (AvgIpc) is 2.72. The third-order valence-electron chi connectivity index (χ3n) is 2.64. The van der Waals surface area contributed by atoms with Crippen molar-refractivity contribution in [3.05, 3.63) is 36.2 Å². The van der Waals surface area contributed by atoms with Gasteiger partial charge in [-0.1, -0.05) is 0 Å². The van der Waals surface area contributed by atoms with Crippen molar-refractivity contribution in [2.24, 2.45) is 7.05 Å². The van der Waals surface area contributed by atoms with E-state index in [4.69, 9.17) is 10.5 Å². The summed E-state index contributed by atoms with van der Waals surface area (Å²) in [7, 11) is 1.92. The molecule has 0 bridgehead atoms. The van der Waals surface area contributed by atoms with Gasteiger partial charge in [-0.15, -0.1) is 0 Å². The molecule has 1 heterocycles. The monoisotopic (exact) mass is 246 g/mol. The van der Waals surface area contributed by atoms with Gasteiger partial charge in [0.2, 0.25) is 0 Å². The molecule has 0 spiro atoms. The van der Waals surface area contributed by atoms with Gasteiger partial charge in [0.05, 0.1) is 18.8 Å². The minimum absolute atomic E-state index is 0.630. The maximum Gasteiger partial charge on any atom is 0.123 e. The molecule has 0 saturated heterocycles. The summed E-state index contributed by atoms with van der Waals surface area (Å²) in [6.45, 7) is 3.28. The van der Waals surface area contributed by atoms with E-state index in [0.717, 1.165) is 17.1 Å². The van der Waals surface area contributed by atoms with Crippen LogP contribution in [0.4, 0.5) is 11.4 Å². The van der Waals surface area contributed by atoms with Crippen molar-refractivity contribution in [1.82, 2.24) is 9.78 Å². The van der Waals surface area contributed by atoms with Crippen LogP contribution in [0.25, 0.3) is 0 Å². The number of benzene rings is 1. The van der Waals surface area contributed by atoms with Crippen LogP contribution in [0, 0.1) is 0 Å². The van der Waals surface area contributed by atoms with E-state index in [9.17, 15) is 0 Å². The van der Waals surface area contributed by atoms with E-state index in [-0.39, 0.29) is 0 Å². The van der Waals surface area contributed by atoms with E-state index in [2.05, 4.69) is 10.4 Å². The van der Waals surface area contributed by atoms with Crippen LogP contribution in [0.2, 0.25) is 0 Å². The lowest BCUT2D eigenvalue weighted by Crippen LogP contribution is -2.06. The Morgan fingerprint density at radius 2 is 2.22 bits per heavy atom. The lowest BCUT2D eigenvalue weighted by atomic mass is 10.2. The number of nitrogens with one attached hydrogen (secondary N) is 1. The van der Waals surface area contributed by atoms with Gasteiger partial charge in [0.1, 0.15) is 5.75 Å². The molecule has 3 N–H and O–H groups in total. The highest BCUT2D eigenvalue weighted by Crippen LogP contribution is 2.23. The molecule has 1 aromatic carbocycles. The molecular weight excluding hydrogens is 228 g/mol. The van der Waals surface area contributed by atoms with Crippen molar-refractivity contribution < 1.29 is 4.74 Å². The molecule has 96 valence electrons. The predicted octanol–water partition coefficient (Wildman–Crippen LogP) is 2.01. The summed E-state index contributed by atoms with van der Waals surface area (Å²) in [4.78, 5) is 0. The second kappa shape index (κ2) is 5.44. The number of ether oxygens (including phenoxy) is 1. The number of anilines is 2. The molecule has 0 radical (unpaired) electrons. The number of nitrogens with zero attached hydrogens (tertiary/aromatic N) is 2. The van der Waals surface area contributed by atoms with E-state index < -0.39 is 0 Å². The zero-order valence-electron chi connectivity index (χ0n) is 10.7. The Labute approximate surface area is 107 Å². The molecule has 0 amide bonds. The number of rotatable bonds is 5. The van der Waals surface area contributed by atoms with Gasteiger partial charge in [-0.3, -0.25) is 4.68 Å². The molecule has 5 nitrogen and oxygen atoms in total. The van der Waals surface area contributed by atoms with Gasteiger partial charge in [0.15, 0.2) is 0 Å². The minimum Gasteiger partial charge on any atom is -0.494 e. The van der Waals surface area contributed by atoms with Crippen molar-refractivity contribution in [3.63, 3.8) is 0 Å². The molecule has 0 fully saturated rings. The van der Waals surface area contributed by atoms with Crippen LogP contribution < -0.4 is 15.8 Å². The first-order chi connectivity index (χ1) is 8.69. The van der Waals surface area contributed by atoms with Crippen molar-refractivity contribution in [3.8, 4) is 5.75 Å². The third-order valence-corrected chi connectivity index (χ3v) is 2.64. The quantitative estimate of drug-likeness (QED) is 0.792. The SMILES string of the molecule is CCOc1cc(N)cc(NCc2ccnn2C)c1. The van der Waals surface area contributed by atoms with Crippen molar-refractivity contribution in [2.75, 3.05) is 17.7 Å². The molecule has 5 heteroatoms. The third kappa shape index (κ3) is 2.94. The Morgan fingerprint density at radius 3 is 2.89 bits per heavy atom. The van der Waals surface area contributed by atoms with Crippen LogP contribution in [0.3, 0.4) is 0 Å². The Balaban J connectivity index is 2.07. The minimum atomic E-state index is 0.630. The first-order valence-corrected chi connectivity index (χ1v) is 5.93. The molecule has 0 saturated carbocycles. The van der Waals surface area contributed by atoms with E-state index in [1.807, 2.05) is 42.9 Å². The molecule has 0 aliphatic rings. The second-order valence-corrected chi connectivity index (χ2v) is 4.02. The fraction of sp³-hybridized carbons (Fsp3) is 0.308. The summed E-state index contributed by atoms with van der Waals surface area (Å²) >= 11 is 0. The highest BCUT2D eigenvalue weighted by Gasteiger charge is 2.02. The van der Waals surface area contributed by atoms with Gasteiger partial charge in [-0.05, 0) is 19.1 Å². The molecule has 0 atom stereocenters. The Kier molecular flexibility index (Phi) is 3.72. The summed E-state index contributed by atoms with van der Waals surface area (Å²) < 4.78 is 7.29. The van der Waals surface area contributed by atoms with Crippen LogP contribution >= 0.6 is 0 Å². The zero-order valence-corrected chi connectivity index (χ0v) is 10.7. The second-order valence-electron chi connectivity index (χ2n) is 4.02. The van der Waals surface area contributed by atoms with Gasteiger partial charge < -0.3 is 15.8 Å². The molecule has 18 heavy (non-hydrogen) atoms. The molecule has 2 aromatic rings. The van der Waals surface area contributed by atoms with Crippen molar-refractivity contribution >= 4 is 11.4 Å². The Morgan fingerprint density at radius 1 is 1.39 bits per heavy atom. The molecule has 2 rings (SSSR count). The predicted molar refractivity (Wildman–Crippen MR) is 72.6 cm³/mol. The average molecular weight is 246 g/mol. The number of aromatic nitrogens is 2. The van der Waals surface area contributed by atoms with Crippen LogP contribution in [0.1, 0.15) is 12.6 Å². The van der Waals surface area contributed by atoms with E-state index in [1.54, 1.807) is 6.20 Å². The number of nitrogen functional groups attached to an aromatic ring is 1. The highest BCUT2D eigenvalue weighted by molar-refractivity contribution is 5.59. The first-order valence-electron chi connectivity index (χ1n) is 5.93. The van der Waals surface area contributed by atoms with E-state index in [1.165, 1.54) is 0 Å². The Bertz CT molecular complexity index is 521. The lowest BCUT2D eigenvalue weighted by molar-refractivity contribution is 0.340. The molecule has 0 unspecified atom stereocenters. The largest absolute Gasteiger partial charge is 0.494 e. The normalized spacial score (nSPS) is 10.3. The van der Waals surface area contributed by atoms with Crippen molar-refractivity contribution in [1.29, 1.82) is 0 Å². The van der Waals surface area contributed by atoms with E-state index in [0.29, 0.717) is 18.8 Å². The van der Waals surface area contributed by atoms with Gasteiger partial charge >= 0.3 is 0 Å². The molecule has 1 aromatic heterocycles. The summed E-state index contributed by atoms with van der Waals surface area (Å²) in [5.41, 5.74) is 8.57. The fourth-order valence-electron chi connectivity index (χ4n) is 1.74. The van der Waals surface area contributed by atoms with Gasteiger partial charge in [0, 0.05) is 36.8 Å². The summed E-state index contributed by atoms with van der Waals surface area (Å²) in [6.07, 6.45) is 1.78. The maximum absolute atomic E-state index is 5.83. The summed E-state index contributed by atoms with van der Waals surface area (Å²) in [6, 6.07) is 7.62. The van der Waals surface area contributed by atoms with Gasteiger partial charge in [-0.2, -0.15) is 5.10 Å². The number of hydrogen-bond donors (Lipinski definition) is 2. The van der Waals surface area contributed by atoms with Crippen LogP contribution in [-0.4, -0.2) is 16.4 Å². The maximum atomic E-state index is 5.83. The number of nitrogens with two attached hydrogens (primary N) is 1. The molecule has 0 aliphatic carbocycles. The van der Waals surface area contributed by atoms with Gasteiger partial charge in [0.25, 0.3) is 0 Å². The molecular formula is C13H18N4O. The molecule has 0 aliphatic heterocycles. The smallest absolute Gasteiger partial charge is 0.123 e.